The summed E-state index contributed by atoms with van der Waals surface area (Å²) in [5.41, 5.74) is 7.30. The Kier molecular flexibility index (Phi) is 4.36. The molecule has 1 saturated carbocycles. The van der Waals surface area contributed by atoms with Gasteiger partial charge in [-0.1, -0.05) is 19.1 Å². The van der Waals surface area contributed by atoms with Crippen molar-refractivity contribution in [2.45, 2.75) is 51.2 Å². The molecule has 0 spiro atoms. The minimum absolute atomic E-state index is 0.0580. The first kappa shape index (κ1) is 13.5. The minimum Gasteiger partial charge on any atom is -0.326 e. The molecule has 0 radical (unpaired) electrons. The van der Waals surface area contributed by atoms with Gasteiger partial charge in [-0.2, -0.15) is 0 Å². The van der Waals surface area contributed by atoms with Gasteiger partial charge >= 0.3 is 0 Å². The maximum atomic E-state index is 13.0. The van der Waals surface area contributed by atoms with E-state index in [1.807, 2.05) is 19.1 Å². The van der Waals surface area contributed by atoms with Crippen molar-refractivity contribution >= 4 is 0 Å². The molecule has 3 heteroatoms. The molecule has 1 aromatic rings. The molecule has 0 aromatic heterocycles. The lowest BCUT2D eigenvalue weighted by molar-refractivity contribution is 0.166. The summed E-state index contributed by atoms with van der Waals surface area (Å²) in [4.78, 5) is 2.50. The van der Waals surface area contributed by atoms with Crippen LogP contribution in [0.5, 0.6) is 0 Å². The molecule has 1 fully saturated rings. The fourth-order valence-electron chi connectivity index (χ4n) is 2.67. The van der Waals surface area contributed by atoms with Crippen molar-refractivity contribution in [1.29, 1.82) is 0 Å². The fraction of sp³-hybridized carbons (Fsp3) is 0.600. The lowest BCUT2D eigenvalue weighted by atomic mass is 9.98. The second kappa shape index (κ2) is 5.81. The number of benzene rings is 1. The summed E-state index contributed by atoms with van der Waals surface area (Å²) >= 11 is 0. The van der Waals surface area contributed by atoms with Crippen molar-refractivity contribution in [3.63, 3.8) is 0 Å². The number of halogens is 1. The normalized spacial score (nSPS) is 18.9. The van der Waals surface area contributed by atoms with Gasteiger partial charge in [0.25, 0.3) is 0 Å². The van der Waals surface area contributed by atoms with E-state index in [-0.39, 0.29) is 17.9 Å². The minimum atomic E-state index is -0.185. The van der Waals surface area contributed by atoms with Gasteiger partial charge in [0.1, 0.15) is 5.82 Å². The highest BCUT2D eigenvalue weighted by molar-refractivity contribution is 5.22. The van der Waals surface area contributed by atoms with Crippen LogP contribution in [0.4, 0.5) is 4.39 Å². The average Bonchev–Trinajstić information content (AvgIpc) is 3.14. The zero-order valence-electron chi connectivity index (χ0n) is 11.3. The Morgan fingerprint density at radius 1 is 1.33 bits per heavy atom. The van der Waals surface area contributed by atoms with Crippen LogP contribution >= 0.6 is 0 Å². The van der Waals surface area contributed by atoms with Gasteiger partial charge in [0.05, 0.1) is 0 Å². The number of nitrogens with two attached hydrogens (primary N) is 1. The summed E-state index contributed by atoms with van der Waals surface area (Å²) in [7, 11) is 0. The lowest BCUT2D eigenvalue weighted by Crippen LogP contribution is -2.41. The van der Waals surface area contributed by atoms with E-state index < -0.39 is 0 Å². The van der Waals surface area contributed by atoms with Crippen molar-refractivity contribution in [3.8, 4) is 0 Å². The molecule has 0 saturated heterocycles. The predicted octanol–water partition coefficient (Wildman–Crippen LogP) is 3.09. The maximum absolute atomic E-state index is 13.0. The molecule has 2 rings (SSSR count). The highest BCUT2D eigenvalue weighted by Crippen LogP contribution is 2.35. The summed E-state index contributed by atoms with van der Waals surface area (Å²) in [6.45, 7) is 5.30. The molecule has 1 aliphatic rings. The van der Waals surface area contributed by atoms with Crippen LogP contribution in [0.1, 0.15) is 44.7 Å². The van der Waals surface area contributed by atoms with E-state index in [9.17, 15) is 4.39 Å². The topological polar surface area (TPSA) is 29.3 Å². The fourth-order valence-corrected chi connectivity index (χ4v) is 2.67. The second-order valence-corrected chi connectivity index (χ2v) is 5.32. The second-order valence-electron chi connectivity index (χ2n) is 5.32. The largest absolute Gasteiger partial charge is 0.326 e. The van der Waals surface area contributed by atoms with Crippen LogP contribution in [-0.2, 0) is 0 Å². The van der Waals surface area contributed by atoms with Crippen LogP contribution < -0.4 is 5.73 Å². The molecule has 1 aromatic carbocycles. The van der Waals surface area contributed by atoms with E-state index in [0.717, 1.165) is 18.5 Å². The van der Waals surface area contributed by atoms with Gasteiger partial charge in [0.15, 0.2) is 0 Å². The van der Waals surface area contributed by atoms with E-state index in [2.05, 4.69) is 11.8 Å². The summed E-state index contributed by atoms with van der Waals surface area (Å²) in [5, 5.41) is 0. The zero-order valence-corrected chi connectivity index (χ0v) is 11.3. The van der Waals surface area contributed by atoms with E-state index in [0.29, 0.717) is 6.04 Å². The smallest absolute Gasteiger partial charge is 0.123 e. The van der Waals surface area contributed by atoms with Crippen molar-refractivity contribution in [1.82, 2.24) is 4.90 Å². The molecule has 100 valence electrons. The molecule has 2 nitrogen and oxygen atoms in total. The first-order chi connectivity index (χ1) is 8.63. The van der Waals surface area contributed by atoms with Gasteiger partial charge in [0.2, 0.25) is 0 Å². The molecular weight excluding hydrogens is 227 g/mol. The monoisotopic (exact) mass is 250 g/mol. The van der Waals surface area contributed by atoms with Crippen molar-refractivity contribution < 1.29 is 4.39 Å². The molecule has 2 N–H and O–H groups in total. The highest BCUT2D eigenvalue weighted by atomic mass is 19.1. The van der Waals surface area contributed by atoms with E-state index in [4.69, 9.17) is 5.73 Å². The molecule has 1 aliphatic carbocycles. The van der Waals surface area contributed by atoms with Crippen molar-refractivity contribution in [2.75, 3.05) is 6.54 Å². The summed E-state index contributed by atoms with van der Waals surface area (Å²) in [5.74, 6) is -0.185. The molecule has 0 amide bonds. The molecule has 0 heterocycles. The van der Waals surface area contributed by atoms with Crippen molar-refractivity contribution in [2.24, 2.45) is 5.73 Å². The molecule has 18 heavy (non-hydrogen) atoms. The number of nitrogens with zero attached hydrogens (tertiary/aromatic N) is 1. The Morgan fingerprint density at radius 2 is 1.94 bits per heavy atom. The Balaban J connectivity index is 2.22. The van der Waals surface area contributed by atoms with Crippen molar-refractivity contribution in [3.05, 3.63) is 35.6 Å². The number of rotatable bonds is 6. The summed E-state index contributed by atoms with van der Waals surface area (Å²) in [6.07, 6.45) is 3.66. The van der Waals surface area contributed by atoms with Crippen LogP contribution in [0.2, 0.25) is 0 Å². The van der Waals surface area contributed by atoms with Gasteiger partial charge in [-0.3, -0.25) is 4.90 Å². The van der Waals surface area contributed by atoms with E-state index in [1.54, 1.807) is 0 Å². The third kappa shape index (κ3) is 3.09. The van der Waals surface area contributed by atoms with Crippen LogP contribution in [0.15, 0.2) is 24.3 Å². The zero-order chi connectivity index (χ0) is 13.1. The first-order valence-electron chi connectivity index (χ1n) is 6.90. The Labute approximate surface area is 109 Å². The first-order valence-corrected chi connectivity index (χ1v) is 6.90. The summed E-state index contributed by atoms with van der Waals surface area (Å²) < 4.78 is 13.0. The van der Waals surface area contributed by atoms with Gasteiger partial charge in [-0.05, 0) is 50.4 Å². The van der Waals surface area contributed by atoms with Crippen LogP contribution in [0.3, 0.4) is 0 Å². The van der Waals surface area contributed by atoms with Crippen LogP contribution in [0, 0.1) is 5.82 Å². The van der Waals surface area contributed by atoms with Gasteiger partial charge in [-0.25, -0.2) is 4.39 Å². The Morgan fingerprint density at radius 3 is 2.39 bits per heavy atom. The molecule has 0 aliphatic heterocycles. The van der Waals surface area contributed by atoms with E-state index >= 15 is 0 Å². The summed E-state index contributed by atoms with van der Waals surface area (Å²) in [6, 6.07) is 7.73. The third-order valence-corrected chi connectivity index (χ3v) is 3.56. The SMILES string of the molecule is CCCN(C1CC1)C(c1ccc(F)cc1)C(C)N. The van der Waals surface area contributed by atoms with Gasteiger partial charge < -0.3 is 5.73 Å². The predicted molar refractivity (Wildman–Crippen MR) is 72.8 cm³/mol. The standard InChI is InChI=1S/C15H23FN2/c1-3-10-18(14-8-9-14)15(11(2)17)12-4-6-13(16)7-5-12/h4-7,11,14-15H,3,8-10,17H2,1-2H3. The lowest BCUT2D eigenvalue weighted by Gasteiger charge is -2.34. The quantitative estimate of drug-likeness (QED) is 0.840. The molecular formula is C15H23FN2. The van der Waals surface area contributed by atoms with E-state index in [1.165, 1.54) is 25.0 Å². The third-order valence-electron chi connectivity index (χ3n) is 3.56. The van der Waals surface area contributed by atoms with Gasteiger partial charge in [0, 0.05) is 18.1 Å². The Hall–Kier alpha value is -0.930. The molecule has 0 bridgehead atoms. The molecule has 2 unspecified atom stereocenters. The van der Waals surface area contributed by atoms with Gasteiger partial charge in [-0.15, -0.1) is 0 Å². The van der Waals surface area contributed by atoms with Crippen LogP contribution in [0.25, 0.3) is 0 Å². The number of hydrogen-bond donors (Lipinski definition) is 1. The molecule has 2 atom stereocenters. The number of hydrogen-bond acceptors (Lipinski definition) is 2. The van der Waals surface area contributed by atoms with Crippen LogP contribution in [-0.4, -0.2) is 23.5 Å². The Bertz CT molecular complexity index is 371. The maximum Gasteiger partial charge on any atom is 0.123 e. The average molecular weight is 250 g/mol. The highest BCUT2D eigenvalue weighted by Gasteiger charge is 2.35.